The van der Waals surface area contributed by atoms with Crippen LogP contribution in [-0.2, 0) is 14.8 Å². The lowest BCUT2D eigenvalue weighted by atomic mass is 10.2. The van der Waals surface area contributed by atoms with Crippen molar-refractivity contribution in [3.63, 3.8) is 0 Å². The van der Waals surface area contributed by atoms with Gasteiger partial charge in [0, 0.05) is 32.4 Å². The van der Waals surface area contributed by atoms with Crippen LogP contribution in [0, 0.1) is 0 Å². The summed E-state index contributed by atoms with van der Waals surface area (Å²) in [5.74, 6) is -0.418. The second kappa shape index (κ2) is 8.68. The van der Waals surface area contributed by atoms with Crippen LogP contribution >= 0.6 is 0 Å². The summed E-state index contributed by atoms with van der Waals surface area (Å²) < 4.78 is 30.5. The van der Waals surface area contributed by atoms with Gasteiger partial charge in [0.2, 0.25) is 10.0 Å². The van der Waals surface area contributed by atoms with Crippen LogP contribution in [0.15, 0.2) is 30.3 Å². The molecule has 0 spiro atoms. The maximum absolute atomic E-state index is 11.7. The molecule has 1 rings (SSSR count). The monoisotopic (exact) mass is 300 g/mol. The summed E-state index contributed by atoms with van der Waals surface area (Å²) in [7, 11) is -1.80. The van der Waals surface area contributed by atoms with Crippen molar-refractivity contribution in [2.75, 3.05) is 32.6 Å². The lowest BCUT2D eigenvalue weighted by Crippen LogP contribution is -2.35. The molecule has 0 unspecified atom stereocenters. The van der Waals surface area contributed by atoms with Gasteiger partial charge in [0.1, 0.15) is 0 Å². The van der Waals surface area contributed by atoms with E-state index in [1.165, 1.54) is 0 Å². The van der Waals surface area contributed by atoms with Crippen molar-refractivity contribution in [1.29, 1.82) is 0 Å². The largest absolute Gasteiger partial charge is 0.385 e. The lowest BCUT2D eigenvalue weighted by molar-refractivity contribution is 0.0956. The summed E-state index contributed by atoms with van der Waals surface area (Å²) in [5, 5.41) is 2.57. The number of carbonyl (C=O) groups excluding carboxylic acids is 1. The van der Waals surface area contributed by atoms with Gasteiger partial charge >= 0.3 is 0 Å². The summed E-state index contributed by atoms with van der Waals surface area (Å²) in [6.45, 7) is 0.920. The van der Waals surface area contributed by atoms with Crippen LogP contribution in [-0.4, -0.2) is 46.9 Å². The molecule has 0 saturated heterocycles. The number of ether oxygens (including phenoxy) is 1. The zero-order valence-corrected chi connectivity index (χ0v) is 12.3. The van der Waals surface area contributed by atoms with Crippen LogP contribution in [0.3, 0.4) is 0 Å². The van der Waals surface area contributed by atoms with Crippen LogP contribution in [0.25, 0.3) is 0 Å². The normalized spacial score (nSPS) is 11.2. The Morgan fingerprint density at radius 1 is 1.20 bits per heavy atom. The number of benzene rings is 1. The highest BCUT2D eigenvalue weighted by molar-refractivity contribution is 7.89. The van der Waals surface area contributed by atoms with Crippen LogP contribution in [0.4, 0.5) is 0 Å². The quantitative estimate of drug-likeness (QED) is 0.645. The maximum atomic E-state index is 11.7. The third kappa shape index (κ3) is 6.65. The second-order valence-electron chi connectivity index (χ2n) is 4.18. The molecule has 1 aromatic rings. The van der Waals surface area contributed by atoms with E-state index in [-0.39, 0.29) is 18.2 Å². The molecule has 1 amide bonds. The Balaban J connectivity index is 2.27. The zero-order chi connectivity index (χ0) is 14.8. The smallest absolute Gasteiger partial charge is 0.251 e. The van der Waals surface area contributed by atoms with E-state index in [0.717, 1.165) is 0 Å². The van der Waals surface area contributed by atoms with Crippen molar-refractivity contribution in [3.8, 4) is 0 Å². The number of hydrogen-bond donors (Lipinski definition) is 2. The van der Waals surface area contributed by atoms with Gasteiger partial charge in [0.15, 0.2) is 0 Å². The fourth-order valence-electron chi connectivity index (χ4n) is 1.51. The molecular weight excluding hydrogens is 280 g/mol. The van der Waals surface area contributed by atoms with Crippen LogP contribution in [0.2, 0.25) is 0 Å². The maximum Gasteiger partial charge on any atom is 0.251 e. The molecule has 0 aliphatic rings. The third-order valence-corrected chi connectivity index (χ3v) is 3.93. The van der Waals surface area contributed by atoms with E-state index in [4.69, 9.17) is 4.74 Å². The Hall–Kier alpha value is -1.44. The van der Waals surface area contributed by atoms with Crippen molar-refractivity contribution >= 4 is 15.9 Å². The molecule has 2 N–H and O–H groups in total. The van der Waals surface area contributed by atoms with Gasteiger partial charge in [0.25, 0.3) is 5.91 Å². The Bertz CT molecular complexity index is 502. The van der Waals surface area contributed by atoms with Gasteiger partial charge in [0.05, 0.1) is 5.75 Å². The minimum absolute atomic E-state index is 0.0767. The highest BCUT2D eigenvalue weighted by Gasteiger charge is 2.10. The molecule has 0 aliphatic carbocycles. The van der Waals surface area contributed by atoms with E-state index >= 15 is 0 Å². The minimum Gasteiger partial charge on any atom is -0.385 e. The number of amides is 1. The average molecular weight is 300 g/mol. The molecule has 112 valence electrons. The first kappa shape index (κ1) is 16.6. The summed E-state index contributed by atoms with van der Waals surface area (Å²) in [4.78, 5) is 11.7. The molecule has 7 heteroatoms. The number of nitrogens with one attached hydrogen (secondary N) is 2. The highest BCUT2D eigenvalue weighted by Crippen LogP contribution is 1.97. The summed E-state index contributed by atoms with van der Waals surface area (Å²) >= 11 is 0. The van der Waals surface area contributed by atoms with Crippen molar-refractivity contribution in [2.45, 2.75) is 6.42 Å². The van der Waals surface area contributed by atoms with Gasteiger partial charge < -0.3 is 10.1 Å². The zero-order valence-electron chi connectivity index (χ0n) is 11.5. The van der Waals surface area contributed by atoms with E-state index in [0.29, 0.717) is 25.1 Å². The number of carbonyl (C=O) groups is 1. The van der Waals surface area contributed by atoms with E-state index in [2.05, 4.69) is 10.0 Å². The minimum atomic E-state index is -3.36. The topological polar surface area (TPSA) is 84.5 Å². The van der Waals surface area contributed by atoms with Crippen molar-refractivity contribution < 1.29 is 17.9 Å². The summed E-state index contributed by atoms with van der Waals surface area (Å²) in [6, 6.07) is 8.66. The predicted molar refractivity (Wildman–Crippen MR) is 77.1 cm³/mol. The Morgan fingerprint density at radius 3 is 2.55 bits per heavy atom. The fourth-order valence-corrected chi connectivity index (χ4v) is 2.48. The molecule has 20 heavy (non-hydrogen) atoms. The number of methoxy groups -OCH3 is 1. The SMILES string of the molecule is COCCCNS(=O)(=O)CCNC(=O)c1ccccc1. The van der Waals surface area contributed by atoms with Gasteiger partial charge in [-0.15, -0.1) is 0 Å². The summed E-state index contributed by atoms with van der Waals surface area (Å²) in [5.41, 5.74) is 0.512. The van der Waals surface area contributed by atoms with E-state index in [9.17, 15) is 13.2 Å². The molecule has 0 bridgehead atoms. The second-order valence-corrected chi connectivity index (χ2v) is 6.11. The van der Waals surface area contributed by atoms with Gasteiger partial charge in [-0.3, -0.25) is 4.79 Å². The number of rotatable bonds is 9. The fraction of sp³-hybridized carbons (Fsp3) is 0.462. The Morgan fingerprint density at radius 2 is 1.90 bits per heavy atom. The highest BCUT2D eigenvalue weighted by atomic mass is 32.2. The van der Waals surface area contributed by atoms with E-state index in [1.807, 2.05) is 6.07 Å². The third-order valence-electron chi connectivity index (χ3n) is 2.54. The first-order valence-electron chi connectivity index (χ1n) is 6.34. The van der Waals surface area contributed by atoms with Crippen LogP contribution in [0.5, 0.6) is 0 Å². The van der Waals surface area contributed by atoms with Gasteiger partial charge in [-0.25, -0.2) is 13.1 Å². The first-order valence-corrected chi connectivity index (χ1v) is 8.00. The average Bonchev–Trinajstić information content (AvgIpc) is 2.44. The molecule has 0 fully saturated rings. The van der Waals surface area contributed by atoms with Crippen LogP contribution in [0.1, 0.15) is 16.8 Å². The van der Waals surface area contributed by atoms with E-state index in [1.54, 1.807) is 31.4 Å². The molecular formula is C13H20N2O4S. The molecule has 0 aliphatic heterocycles. The van der Waals surface area contributed by atoms with Crippen LogP contribution < -0.4 is 10.0 Å². The Labute approximate surface area is 119 Å². The lowest BCUT2D eigenvalue weighted by Gasteiger charge is -2.07. The molecule has 0 heterocycles. The predicted octanol–water partition coefficient (Wildman–Crippen LogP) is 0.372. The molecule has 6 nitrogen and oxygen atoms in total. The van der Waals surface area contributed by atoms with Gasteiger partial charge in [-0.1, -0.05) is 18.2 Å². The summed E-state index contributed by atoms with van der Waals surface area (Å²) in [6.07, 6.45) is 0.617. The standard InChI is InChI=1S/C13H20N2O4S/c1-19-10-5-8-15-20(17,18)11-9-14-13(16)12-6-3-2-4-7-12/h2-4,6-7,15H,5,8-11H2,1H3,(H,14,16). The molecule has 0 atom stereocenters. The van der Waals surface area contributed by atoms with Crippen molar-refractivity contribution in [1.82, 2.24) is 10.0 Å². The first-order chi connectivity index (χ1) is 9.55. The number of hydrogen-bond acceptors (Lipinski definition) is 4. The molecule has 0 radical (unpaired) electrons. The Kier molecular flexibility index (Phi) is 7.21. The van der Waals surface area contributed by atoms with Gasteiger partial charge in [-0.05, 0) is 18.6 Å². The van der Waals surface area contributed by atoms with Crippen molar-refractivity contribution in [3.05, 3.63) is 35.9 Å². The van der Waals surface area contributed by atoms with E-state index < -0.39 is 10.0 Å². The number of sulfonamides is 1. The van der Waals surface area contributed by atoms with Crippen molar-refractivity contribution in [2.24, 2.45) is 0 Å². The van der Waals surface area contributed by atoms with Gasteiger partial charge in [-0.2, -0.15) is 0 Å². The molecule has 1 aromatic carbocycles. The molecule has 0 saturated carbocycles. The molecule has 0 aromatic heterocycles.